The third-order valence-electron chi connectivity index (χ3n) is 3.47. The van der Waals surface area contributed by atoms with Crippen molar-refractivity contribution in [2.24, 2.45) is 5.92 Å². The van der Waals surface area contributed by atoms with E-state index in [1.807, 2.05) is 0 Å². The molecular formula is C13H18BrNOS. The van der Waals surface area contributed by atoms with Gasteiger partial charge in [0.15, 0.2) is 0 Å². The molecule has 1 saturated heterocycles. The Balaban J connectivity index is 2.29. The summed E-state index contributed by atoms with van der Waals surface area (Å²) in [6.07, 6.45) is 1.65. The quantitative estimate of drug-likeness (QED) is 0.905. The van der Waals surface area contributed by atoms with Gasteiger partial charge < -0.3 is 5.32 Å². The van der Waals surface area contributed by atoms with E-state index in [2.05, 4.69) is 53.5 Å². The van der Waals surface area contributed by atoms with E-state index in [1.54, 1.807) is 11.3 Å². The van der Waals surface area contributed by atoms with E-state index in [0.717, 1.165) is 10.9 Å². The summed E-state index contributed by atoms with van der Waals surface area (Å²) < 4.78 is 1.11. The van der Waals surface area contributed by atoms with Gasteiger partial charge in [0.1, 0.15) is 0 Å². The second-order valence-electron chi connectivity index (χ2n) is 5.47. The molecule has 0 aromatic carbocycles. The number of nitrogens with one attached hydrogen (secondary N) is 1. The average molecular weight is 316 g/mol. The molecule has 0 bridgehead atoms. The number of thiophene rings is 1. The smallest absolute Gasteiger partial charge is 0.221 e. The van der Waals surface area contributed by atoms with Gasteiger partial charge in [-0.25, -0.2) is 0 Å². The topological polar surface area (TPSA) is 29.1 Å². The molecule has 0 radical (unpaired) electrons. The van der Waals surface area contributed by atoms with E-state index in [-0.39, 0.29) is 17.4 Å². The zero-order valence-electron chi connectivity index (χ0n) is 10.4. The maximum atomic E-state index is 11.7. The van der Waals surface area contributed by atoms with E-state index in [0.29, 0.717) is 12.3 Å². The van der Waals surface area contributed by atoms with Crippen LogP contribution in [0.5, 0.6) is 0 Å². The van der Waals surface area contributed by atoms with E-state index in [1.165, 1.54) is 4.88 Å². The Labute approximate surface area is 115 Å². The van der Waals surface area contributed by atoms with Crippen LogP contribution in [0.2, 0.25) is 0 Å². The van der Waals surface area contributed by atoms with Crippen molar-refractivity contribution < 1.29 is 4.79 Å². The fraction of sp³-hybridized carbons (Fsp3) is 0.615. The van der Waals surface area contributed by atoms with Crippen molar-refractivity contribution in [1.29, 1.82) is 0 Å². The molecule has 1 aliphatic heterocycles. The van der Waals surface area contributed by atoms with Crippen molar-refractivity contribution in [1.82, 2.24) is 5.32 Å². The molecule has 0 aliphatic carbocycles. The van der Waals surface area contributed by atoms with Crippen molar-refractivity contribution in [3.8, 4) is 0 Å². The van der Waals surface area contributed by atoms with Crippen LogP contribution >= 0.6 is 27.3 Å². The molecule has 1 N–H and O–H groups in total. The highest BCUT2D eigenvalue weighted by Crippen LogP contribution is 2.41. The fourth-order valence-corrected chi connectivity index (χ4v) is 4.17. The lowest BCUT2D eigenvalue weighted by molar-refractivity contribution is -0.119. The predicted octanol–water partition coefficient (Wildman–Crippen LogP) is 3.70. The zero-order chi connectivity index (χ0) is 12.6. The molecular weight excluding hydrogens is 298 g/mol. The van der Waals surface area contributed by atoms with Crippen molar-refractivity contribution in [3.05, 3.63) is 20.8 Å². The Morgan fingerprint density at radius 1 is 1.65 bits per heavy atom. The number of rotatable bonds is 3. The molecule has 1 aromatic rings. The van der Waals surface area contributed by atoms with Crippen LogP contribution in [0, 0.1) is 5.92 Å². The molecule has 2 rings (SSSR count). The third-order valence-corrected chi connectivity index (χ3v) is 5.44. The Kier molecular flexibility index (Phi) is 3.64. The van der Waals surface area contributed by atoms with Crippen molar-refractivity contribution in [3.63, 3.8) is 0 Å². The van der Waals surface area contributed by atoms with Gasteiger partial charge in [0, 0.05) is 32.6 Å². The highest BCUT2D eigenvalue weighted by Gasteiger charge is 2.45. The Bertz CT molecular complexity index is 429. The first-order valence-electron chi connectivity index (χ1n) is 5.95. The summed E-state index contributed by atoms with van der Waals surface area (Å²) in [7, 11) is 0. The zero-order valence-corrected chi connectivity index (χ0v) is 12.8. The second-order valence-corrected chi connectivity index (χ2v) is 7.30. The van der Waals surface area contributed by atoms with Crippen molar-refractivity contribution in [2.75, 3.05) is 0 Å². The monoisotopic (exact) mass is 315 g/mol. The second kappa shape index (κ2) is 4.73. The van der Waals surface area contributed by atoms with Gasteiger partial charge in [0.05, 0.1) is 0 Å². The van der Waals surface area contributed by atoms with E-state index in [4.69, 9.17) is 0 Å². The number of hydrogen-bond donors (Lipinski definition) is 1. The predicted molar refractivity (Wildman–Crippen MR) is 75.4 cm³/mol. The van der Waals surface area contributed by atoms with Crippen molar-refractivity contribution >= 4 is 33.2 Å². The minimum atomic E-state index is -0.0436. The molecule has 2 atom stereocenters. The molecule has 1 amide bonds. The van der Waals surface area contributed by atoms with Gasteiger partial charge in [0.2, 0.25) is 5.91 Å². The van der Waals surface area contributed by atoms with Gasteiger partial charge in [0.25, 0.3) is 0 Å². The van der Waals surface area contributed by atoms with Crippen LogP contribution in [0.1, 0.15) is 38.5 Å². The number of hydrogen-bond acceptors (Lipinski definition) is 2. The lowest BCUT2D eigenvalue weighted by atomic mass is 9.78. The van der Waals surface area contributed by atoms with Gasteiger partial charge in [-0.15, -0.1) is 11.3 Å². The molecule has 1 fully saturated rings. The number of carbonyl (C=O) groups excluding carboxylic acids is 1. The van der Waals surface area contributed by atoms with Gasteiger partial charge in [-0.3, -0.25) is 4.79 Å². The summed E-state index contributed by atoms with van der Waals surface area (Å²) in [4.78, 5) is 13.0. The van der Waals surface area contributed by atoms with Gasteiger partial charge in [-0.1, -0.05) is 20.8 Å². The fourth-order valence-electron chi connectivity index (χ4n) is 2.52. The van der Waals surface area contributed by atoms with E-state index in [9.17, 15) is 4.79 Å². The molecule has 1 aliphatic rings. The molecule has 4 heteroatoms. The molecule has 17 heavy (non-hydrogen) atoms. The summed E-state index contributed by atoms with van der Waals surface area (Å²) >= 11 is 5.23. The summed E-state index contributed by atoms with van der Waals surface area (Å²) in [5, 5.41) is 5.23. The SMILES string of the molecule is CC(C)CC1NC(=O)CC1(C)c1cc(Br)cs1. The van der Waals surface area contributed by atoms with E-state index >= 15 is 0 Å². The average Bonchev–Trinajstić information content (AvgIpc) is 2.72. The van der Waals surface area contributed by atoms with Gasteiger partial charge >= 0.3 is 0 Å². The standard InChI is InChI=1S/C13H18BrNOS/c1-8(2)4-10-13(3,6-12(16)15-10)11-5-9(14)7-17-11/h5,7-8,10H,4,6H2,1-3H3,(H,15,16). The van der Waals surface area contributed by atoms with Crippen LogP contribution < -0.4 is 5.32 Å². The lowest BCUT2D eigenvalue weighted by Crippen LogP contribution is -2.38. The number of amides is 1. The summed E-state index contributed by atoms with van der Waals surface area (Å²) in [5.41, 5.74) is -0.0436. The first-order valence-corrected chi connectivity index (χ1v) is 7.63. The summed E-state index contributed by atoms with van der Waals surface area (Å²) in [6, 6.07) is 2.42. The van der Waals surface area contributed by atoms with Gasteiger partial charge in [-0.2, -0.15) is 0 Å². The Hall–Kier alpha value is -0.350. The molecule has 2 nitrogen and oxygen atoms in total. The third kappa shape index (κ3) is 2.58. The summed E-state index contributed by atoms with van der Waals surface area (Å²) in [5.74, 6) is 0.781. The minimum Gasteiger partial charge on any atom is -0.352 e. The molecule has 94 valence electrons. The van der Waals surface area contributed by atoms with Crippen molar-refractivity contribution in [2.45, 2.75) is 45.1 Å². The molecule has 1 aromatic heterocycles. The van der Waals surface area contributed by atoms with Gasteiger partial charge in [-0.05, 0) is 34.3 Å². The van der Waals surface area contributed by atoms with Crippen LogP contribution in [0.3, 0.4) is 0 Å². The first kappa shape index (κ1) is 13.1. The maximum absolute atomic E-state index is 11.7. The molecule has 0 spiro atoms. The normalized spacial score (nSPS) is 28.8. The van der Waals surface area contributed by atoms with Crippen LogP contribution in [0.4, 0.5) is 0 Å². The highest BCUT2D eigenvalue weighted by molar-refractivity contribution is 9.10. The highest BCUT2D eigenvalue weighted by atomic mass is 79.9. The van der Waals surface area contributed by atoms with Crippen LogP contribution in [-0.2, 0) is 10.2 Å². The van der Waals surface area contributed by atoms with Crippen LogP contribution in [0.15, 0.2) is 15.9 Å². The Morgan fingerprint density at radius 3 is 2.88 bits per heavy atom. The lowest BCUT2D eigenvalue weighted by Gasteiger charge is -2.30. The first-order chi connectivity index (χ1) is 7.91. The molecule has 0 saturated carbocycles. The minimum absolute atomic E-state index is 0.0436. The number of halogens is 1. The Morgan fingerprint density at radius 2 is 2.35 bits per heavy atom. The van der Waals surface area contributed by atoms with E-state index < -0.39 is 0 Å². The maximum Gasteiger partial charge on any atom is 0.221 e. The van der Waals surface area contributed by atoms with Crippen LogP contribution in [-0.4, -0.2) is 11.9 Å². The van der Waals surface area contributed by atoms with Crippen LogP contribution in [0.25, 0.3) is 0 Å². The molecule has 2 unspecified atom stereocenters. The number of carbonyl (C=O) groups is 1. The summed E-state index contributed by atoms with van der Waals surface area (Å²) in [6.45, 7) is 6.61. The molecule has 2 heterocycles. The largest absolute Gasteiger partial charge is 0.352 e.